The van der Waals surface area contributed by atoms with Crippen LogP contribution >= 0.6 is 0 Å². The van der Waals surface area contributed by atoms with E-state index >= 15 is 0 Å². The Labute approximate surface area is 260 Å². The van der Waals surface area contributed by atoms with Gasteiger partial charge in [0.1, 0.15) is 24.1 Å². The highest BCUT2D eigenvalue weighted by Crippen LogP contribution is 2.39. The summed E-state index contributed by atoms with van der Waals surface area (Å²) in [6.07, 6.45) is -0.755. The van der Waals surface area contributed by atoms with Crippen LogP contribution in [0.3, 0.4) is 0 Å². The van der Waals surface area contributed by atoms with Gasteiger partial charge in [-0.15, -0.1) is 0 Å². The summed E-state index contributed by atoms with van der Waals surface area (Å²) in [5, 5.41) is 22.0. The molecule has 2 heterocycles. The van der Waals surface area contributed by atoms with E-state index in [4.69, 9.17) is 28.4 Å². The minimum atomic E-state index is -1.42. The normalized spacial score (nSPS) is 20.7. The third kappa shape index (κ3) is 8.62. The Morgan fingerprint density at radius 1 is 1.09 bits per heavy atom. The van der Waals surface area contributed by atoms with Crippen LogP contribution in [0.15, 0.2) is 36.4 Å². The number of aliphatic hydroxyl groups is 1. The van der Waals surface area contributed by atoms with Crippen molar-refractivity contribution in [3.8, 4) is 5.75 Å². The molecule has 2 aromatic rings. The third-order valence-corrected chi connectivity index (χ3v) is 8.17. The summed E-state index contributed by atoms with van der Waals surface area (Å²) in [5.41, 5.74) is 2.90. The second-order valence-electron chi connectivity index (χ2n) is 11.4. The fourth-order valence-electron chi connectivity index (χ4n) is 5.93. The van der Waals surface area contributed by atoms with Crippen molar-refractivity contribution in [3.63, 3.8) is 0 Å². The van der Waals surface area contributed by atoms with Crippen LogP contribution in [-0.2, 0) is 49.1 Å². The SMILES string of the molecule is CCO[C@H](C)COCc1ccc([C@@]2(O)CCN(C(=O)O)C[C@@H]2OCc2ccc3c(c2)N(CCCOC)CCO3)c(COC)c1. The van der Waals surface area contributed by atoms with Crippen molar-refractivity contribution in [3.05, 3.63) is 58.7 Å². The Balaban J connectivity index is 1.54. The summed E-state index contributed by atoms with van der Waals surface area (Å²) in [6.45, 7) is 9.05. The van der Waals surface area contributed by atoms with Gasteiger partial charge in [-0.05, 0) is 54.7 Å². The van der Waals surface area contributed by atoms with Crippen molar-refractivity contribution in [2.75, 3.05) is 71.7 Å². The van der Waals surface area contributed by atoms with E-state index in [9.17, 15) is 15.0 Å². The fourth-order valence-corrected chi connectivity index (χ4v) is 5.93. The molecule has 0 saturated carbocycles. The van der Waals surface area contributed by atoms with Crippen LogP contribution in [0.1, 0.15) is 48.9 Å². The molecule has 2 aliphatic rings. The van der Waals surface area contributed by atoms with E-state index < -0.39 is 17.8 Å². The smallest absolute Gasteiger partial charge is 0.407 e. The number of ether oxygens (including phenoxy) is 6. The minimum Gasteiger partial charge on any atom is -0.490 e. The van der Waals surface area contributed by atoms with Crippen LogP contribution in [0.2, 0.25) is 0 Å². The standard InChI is InChI=1S/C33H48N2O9/c1-5-42-24(2)20-41-21-25-7-9-28(27(17-25)23-40-4)33(38)11-13-35(32(36)37)19-31(33)44-22-26-8-10-30-29(18-26)34(14-16-43-30)12-6-15-39-3/h7-10,17-18,24,31,38H,5-6,11-16,19-23H2,1-4H3,(H,36,37)/t24-,31+,33+/m1/s1. The van der Waals surface area contributed by atoms with Gasteiger partial charge in [-0.25, -0.2) is 4.79 Å². The molecule has 11 heteroatoms. The average molecular weight is 617 g/mol. The highest BCUT2D eigenvalue weighted by Gasteiger charge is 2.46. The molecule has 0 unspecified atom stereocenters. The number of benzene rings is 2. The Bertz CT molecular complexity index is 1210. The van der Waals surface area contributed by atoms with Crippen molar-refractivity contribution >= 4 is 11.8 Å². The number of piperidine rings is 1. The number of fused-ring (bicyclic) bond motifs is 1. The number of amides is 1. The lowest BCUT2D eigenvalue weighted by Crippen LogP contribution is -2.56. The molecule has 0 aromatic heterocycles. The zero-order valence-corrected chi connectivity index (χ0v) is 26.5. The average Bonchev–Trinajstić information content (AvgIpc) is 3.01. The van der Waals surface area contributed by atoms with E-state index in [0.717, 1.165) is 47.6 Å². The maximum absolute atomic E-state index is 12.3. The summed E-state index contributed by atoms with van der Waals surface area (Å²) < 4.78 is 34.4. The van der Waals surface area contributed by atoms with Crippen molar-refractivity contribution in [2.45, 2.75) is 64.3 Å². The van der Waals surface area contributed by atoms with Crippen molar-refractivity contribution in [2.24, 2.45) is 0 Å². The predicted molar refractivity (Wildman–Crippen MR) is 165 cm³/mol. The molecule has 1 amide bonds. The minimum absolute atomic E-state index is 0.00266. The van der Waals surface area contributed by atoms with Gasteiger partial charge >= 0.3 is 6.09 Å². The second-order valence-corrected chi connectivity index (χ2v) is 11.4. The molecule has 1 saturated heterocycles. The number of carboxylic acid groups (broad SMARTS) is 1. The summed E-state index contributed by atoms with van der Waals surface area (Å²) in [6, 6.07) is 11.7. The quantitative estimate of drug-likeness (QED) is 0.266. The lowest BCUT2D eigenvalue weighted by molar-refractivity contribution is -0.153. The molecule has 0 aliphatic carbocycles. The van der Waals surface area contributed by atoms with Gasteiger partial charge in [0.05, 0.1) is 51.3 Å². The van der Waals surface area contributed by atoms with E-state index in [-0.39, 0.29) is 38.8 Å². The Morgan fingerprint density at radius 3 is 2.64 bits per heavy atom. The molecule has 1 fully saturated rings. The van der Waals surface area contributed by atoms with E-state index in [2.05, 4.69) is 11.0 Å². The van der Waals surface area contributed by atoms with Crippen molar-refractivity contribution < 1.29 is 43.4 Å². The molecule has 2 N–H and O–H groups in total. The first-order valence-electron chi connectivity index (χ1n) is 15.4. The van der Waals surface area contributed by atoms with Gasteiger partial charge in [-0.2, -0.15) is 0 Å². The molecular formula is C33H48N2O9. The topological polar surface area (TPSA) is 119 Å². The fraction of sp³-hybridized carbons (Fsp3) is 0.606. The lowest BCUT2D eigenvalue weighted by atomic mass is 9.79. The van der Waals surface area contributed by atoms with Gasteiger partial charge in [-0.1, -0.05) is 24.3 Å². The Hall–Kier alpha value is -2.93. The molecule has 244 valence electrons. The first-order valence-corrected chi connectivity index (χ1v) is 15.4. The monoisotopic (exact) mass is 616 g/mol. The zero-order valence-electron chi connectivity index (χ0n) is 26.5. The zero-order chi connectivity index (χ0) is 31.5. The predicted octanol–water partition coefficient (Wildman–Crippen LogP) is 4.17. The molecule has 3 atom stereocenters. The highest BCUT2D eigenvalue weighted by molar-refractivity contribution is 5.65. The summed E-state index contributed by atoms with van der Waals surface area (Å²) >= 11 is 0. The van der Waals surface area contributed by atoms with Gasteiger partial charge in [0, 0.05) is 46.9 Å². The number of methoxy groups -OCH3 is 2. The summed E-state index contributed by atoms with van der Waals surface area (Å²) in [5.74, 6) is 0.823. The van der Waals surface area contributed by atoms with Crippen LogP contribution in [0.25, 0.3) is 0 Å². The van der Waals surface area contributed by atoms with Crippen LogP contribution in [0, 0.1) is 0 Å². The van der Waals surface area contributed by atoms with E-state index in [1.54, 1.807) is 14.2 Å². The lowest BCUT2D eigenvalue weighted by Gasteiger charge is -2.44. The highest BCUT2D eigenvalue weighted by atomic mass is 16.5. The number of rotatable bonds is 16. The second kappa shape index (κ2) is 16.4. The molecule has 0 radical (unpaired) electrons. The van der Waals surface area contributed by atoms with Gasteiger partial charge in [0.25, 0.3) is 0 Å². The van der Waals surface area contributed by atoms with Crippen LogP contribution in [-0.4, -0.2) is 100 Å². The van der Waals surface area contributed by atoms with E-state index in [1.165, 1.54) is 4.90 Å². The molecule has 11 nitrogen and oxygen atoms in total. The number of likely N-dealkylation sites (tertiary alicyclic amines) is 1. The number of anilines is 1. The molecule has 2 aromatic carbocycles. The molecular weight excluding hydrogens is 568 g/mol. The largest absolute Gasteiger partial charge is 0.490 e. The molecule has 2 aliphatic heterocycles. The van der Waals surface area contributed by atoms with Gasteiger partial charge in [0.2, 0.25) is 0 Å². The first-order chi connectivity index (χ1) is 21.3. The van der Waals surface area contributed by atoms with Crippen LogP contribution in [0.4, 0.5) is 10.5 Å². The third-order valence-electron chi connectivity index (χ3n) is 8.17. The number of nitrogens with zero attached hydrogens (tertiary/aromatic N) is 2. The molecule has 44 heavy (non-hydrogen) atoms. The van der Waals surface area contributed by atoms with Crippen molar-refractivity contribution in [1.29, 1.82) is 0 Å². The Morgan fingerprint density at radius 2 is 1.89 bits per heavy atom. The maximum atomic E-state index is 12.3. The molecule has 0 bridgehead atoms. The van der Waals surface area contributed by atoms with Gasteiger partial charge < -0.3 is 48.4 Å². The van der Waals surface area contributed by atoms with Crippen LogP contribution in [0.5, 0.6) is 5.75 Å². The molecule has 0 spiro atoms. The molecule has 4 rings (SSSR count). The number of hydrogen-bond acceptors (Lipinski definition) is 9. The summed E-state index contributed by atoms with van der Waals surface area (Å²) in [7, 11) is 3.31. The number of carbonyl (C=O) groups is 1. The van der Waals surface area contributed by atoms with Gasteiger partial charge in [-0.3, -0.25) is 0 Å². The Kier molecular flexibility index (Phi) is 12.7. The van der Waals surface area contributed by atoms with E-state index in [0.29, 0.717) is 38.6 Å². The summed E-state index contributed by atoms with van der Waals surface area (Å²) in [4.78, 5) is 15.5. The first kappa shape index (κ1) is 34.0. The number of hydrogen-bond donors (Lipinski definition) is 2. The maximum Gasteiger partial charge on any atom is 0.407 e. The van der Waals surface area contributed by atoms with Gasteiger partial charge in [0.15, 0.2) is 0 Å². The van der Waals surface area contributed by atoms with Crippen LogP contribution < -0.4 is 9.64 Å². The van der Waals surface area contributed by atoms with E-state index in [1.807, 2.05) is 44.2 Å². The van der Waals surface area contributed by atoms with Crippen molar-refractivity contribution in [1.82, 2.24) is 4.90 Å².